The molecule has 0 amide bonds. The van der Waals surface area contributed by atoms with E-state index < -0.39 is 0 Å². The molecule has 18 heavy (non-hydrogen) atoms. The Balaban J connectivity index is 0.000000202. The summed E-state index contributed by atoms with van der Waals surface area (Å²) in [5.41, 5.74) is 2.17. The molecule has 1 N–H and O–H groups in total. The maximum Gasteiger partial charge on any atom is 0.116 e. The second-order valence-corrected chi connectivity index (χ2v) is 4.53. The SMILES string of the molecule is Oc1cccc(-c2ccccc2)c1.c1ccsc1. The minimum absolute atomic E-state index is 0.307. The van der Waals surface area contributed by atoms with E-state index in [1.807, 2.05) is 65.4 Å². The summed E-state index contributed by atoms with van der Waals surface area (Å²) in [6.45, 7) is 0. The van der Waals surface area contributed by atoms with Gasteiger partial charge in [0.1, 0.15) is 5.75 Å². The van der Waals surface area contributed by atoms with Crippen molar-refractivity contribution in [1.82, 2.24) is 0 Å². The van der Waals surface area contributed by atoms with E-state index in [-0.39, 0.29) is 0 Å². The molecule has 90 valence electrons. The van der Waals surface area contributed by atoms with Crippen LogP contribution < -0.4 is 0 Å². The summed E-state index contributed by atoms with van der Waals surface area (Å²) in [4.78, 5) is 0. The van der Waals surface area contributed by atoms with E-state index in [9.17, 15) is 5.11 Å². The van der Waals surface area contributed by atoms with Crippen molar-refractivity contribution in [3.8, 4) is 16.9 Å². The second kappa shape index (κ2) is 6.62. The number of hydrogen-bond donors (Lipinski definition) is 1. The van der Waals surface area contributed by atoms with Gasteiger partial charge in [0, 0.05) is 0 Å². The van der Waals surface area contributed by atoms with Gasteiger partial charge in [-0.2, -0.15) is 11.3 Å². The van der Waals surface area contributed by atoms with Crippen LogP contribution in [0.5, 0.6) is 5.75 Å². The Hall–Kier alpha value is -2.06. The predicted molar refractivity (Wildman–Crippen MR) is 77.9 cm³/mol. The average Bonchev–Trinajstić information content (AvgIpc) is 2.99. The minimum Gasteiger partial charge on any atom is -0.508 e. The summed E-state index contributed by atoms with van der Waals surface area (Å²) >= 11 is 1.71. The Kier molecular flexibility index (Phi) is 4.56. The first-order valence-electron chi connectivity index (χ1n) is 5.68. The molecule has 0 aliphatic carbocycles. The fourth-order valence-corrected chi connectivity index (χ4v) is 2.00. The highest BCUT2D eigenvalue weighted by Gasteiger charge is 1.95. The summed E-state index contributed by atoms with van der Waals surface area (Å²) in [5, 5.41) is 13.4. The van der Waals surface area contributed by atoms with Gasteiger partial charge >= 0.3 is 0 Å². The highest BCUT2D eigenvalue weighted by Crippen LogP contribution is 2.22. The normalized spacial score (nSPS) is 9.33. The third-order valence-electron chi connectivity index (χ3n) is 2.38. The van der Waals surface area contributed by atoms with E-state index in [0.29, 0.717) is 5.75 Å². The zero-order valence-corrected chi connectivity index (χ0v) is 10.7. The second-order valence-electron chi connectivity index (χ2n) is 3.71. The first-order valence-corrected chi connectivity index (χ1v) is 6.62. The summed E-state index contributed by atoms with van der Waals surface area (Å²) in [6, 6.07) is 21.3. The average molecular weight is 254 g/mol. The van der Waals surface area contributed by atoms with Crippen molar-refractivity contribution in [2.24, 2.45) is 0 Å². The highest BCUT2D eigenvalue weighted by atomic mass is 32.1. The lowest BCUT2D eigenvalue weighted by Gasteiger charge is -2.00. The molecule has 0 aliphatic heterocycles. The number of phenols is 1. The van der Waals surface area contributed by atoms with Gasteiger partial charge < -0.3 is 5.11 Å². The minimum atomic E-state index is 0.307. The van der Waals surface area contributed by atoms with Crippen molar-refractivity contribution in [3.63, 3.8) is 0 Å². The third-order valence-corrected chi connectivity index (χ3v) is 3.01. The van der Waals surface area contributed by atoms with Crippen LogP contribution in [0, 0.1) is 0 Å². The first-order chi connectivity index (χ1) is 8.86. The Morgan fingerprint density at radius 2 is 1.33 bits per heavy atom. The molecule has 3 aromatic rings. The van der Waals surface area contributed by atoms with Gasteiger partial charge in [0.05, 0.1) is 0 Å². The molecule has 0 atom stereocenters. The van der Waals surface area contributed by atoms with Gasteiger partial charge in [-0.05, 0) is 34.0 Å². The van der Waals surface area contributed by atoms with Crippen LogP contribution in [-0.4, -0.2) is 5.11 Å². The molecule has 0 unspecified atom stereocenters. The summed E-state index contributed by atoms with van der Waals surface area (Å²) in [5.74, 6) is 0.307. The van der Waals surface area contributed by atoms with E-state index in [1.54, 1.807) is 23.5 Å². The Morgan fingerprint density at radius 1 is 0.667 bits per heavy atom. The van der Waals surface area contributed by atoms with Crippen molar-refractivity contribution in [2.45, 2.75) is 0 Å². The molecule has 0 saturated heterocycles. The molecule has 0 spiro atoms. The maximum atomic E-state index is 9.27. The highest BCUT2D eigenvalue weighted by molar-refractivity contribution is 7.07. The largest absolute Gasteiger partial charge is 0.508 e. The molecular weight excluding hydrogens is 240 g/mol. The van der Waals surface area contributed by atoms with Gasteiger partial charge in [0.25, 0.3) is 0 Å². The molecule has 1 heterocycles. The lowest BCUT2D eigenvalue weighted by Crippen LogP contribution is -1.75. The fourth-order valence-electron chi connectivity index (χ4n) is 1.54. The van der Waals surface area contributed by atoms with Gasteiger partial charge in [-0.25, -0.2) is 0 Å². The zero-order valence-electron chi connectivity index (χ0n) is 9.86. The van der Waals surface area contributed by atoms with E-state index >= 15 is 0 Å². The molecule has 0 radical (unpaired) electrons. The fraction of sp³-hybridized carbons (Fsp3) is 0. The van der Waals surface area contributed by atoms with Crippen LogP contribution in [0.2, 0.25) is 0 Å². The molecule has 2 aromatic carbocycles. The Labute approximate surface area is 111 Å². The molecule has 0 fully saturated rings. The van der Waals surface area contributed by atoms with Crippen LogP contribution in [0.15, 0.2) is 77.5 Å². The van der Waals surface area contributed by atoms with Crippen molar-refractivity contribution in [1.29, 1.82) is 0 Å². The van der Waals surface area contributed by atoms with Crippen LogP contribution in [0.1, 0.15) is 0 Å². The molecule has 0 saturated carbocycles. The smallest absolute Gasteiger partial charge is 0.116 e. The molecule has 1 aromatic heterocycles. The Bertz CT molecular complexity index is 541. The molecule has 2 heteroatoms. The van der Waals surface area contributed by atoms with Crippen LogP contribution >= 0.6 is 11.3 Å². The van der Waals surface area contributed by atoms with Crippen molar-refractivity contribution < 1.29 is 5.11 Å². The van der Waals surface area contributed by atoms with Crippen LogP contribution in [0.3, 0.4) is 0 Å². The summed E-state index contributed by atoms with van der Waals surface area (Å²) in [6.07, 6.45) is 0. The van der Waals surface area contributed by atoms with Crippen LogP contribution in [0.25, 0.3) is 11.1 Å². The van der Waals surface area contributed by atoms with Gasteiger partial charge in [-0.15, -0.1) is 0 Å². The number of rotatable bonds is 1. The van der Waals surface area contributed by atoms with E-state index in [2.05, 4.69) is 0 Å². The maximum absolute atomic E-state index is 9.27. The lowest BCUT2D eigenvalue weighted by molar-refractivity contribution is 0.475. The standard InChI is InChI=1S/C12H10O.C4H4S/c13-12-8-4-7-11(9-12)10-5-2-1-3-6-10;1-2-4-5-3-1/h1-9,13H;1-4H. The van der Waals surface area contributed by atoms with Crippen molar-refractivity contribution in [3.05, 3.63) is 77.5 Å². The van der Waals surface area contributed by atoms with Gasteiger partial charge in [0.2, 0.25) is 0 Å². The molecule has 0 aliphatic rings. The first kappa shape index (κ1) is 12.4. The van der Waals surface area contributed by atoms with Crippen LogP contribution in [-0.2, 0) is 0 Å². The van der Waals surface area contributed by atoms with E-state index in [4.69, 9.17) is 0 Å². The molecule has 1 nitrogen and oxygen atoms in total. The Morgan fingerprint density at radius 3 is 1.89 bits per heavy atom. The monoisotopic (exact) mass is 254 g/mol. The third kappa shape index (κ3) is 3.75. The number of hydrogen-bond acceptors (Lipinski definition) is 2. The molecule has 0 bridgehead atoms. The van der Waals surface area contributed by atoms with E-state index in [1.165, 1.54) is 0 Å². The number of benzene rings is 2. The quantitative estimate of drug-likeness (QED) is 0.661. The van der Waals surface area contributed by atoms with Crippen LogP contribution in [0.4, 0.5) is 0 Å². The summed E-state index contributed by atoms with van der Waals surface area (Å²) < 4.78 is 0. The summed E-state index contributed by atoms with van der Waals surface area (Å²) in [7, 11) is 0. The number of thiophene rings is 1. The molecule has 3 rings (SSSR count). The zero-order chi connectivity index (χ0) is 12.6. The van der Waals surface area contributed by atoms with Gasteiger partial charge in [-0.1, -0.05) is 54.6 Å². The number of phenolic OH excluding ortho intramolecular Hbond substituents is 1. The van der Waals surface area contributed by atoms with E-state index in [0.717, 1.165) is 11.1 Å². The topological polar surface area (TPSA) is 20.2 Å². The number of aromatic hydroxyl groups is 1. The lowest BCUT2D eigenvalue weighted by atomic mass is 10.1. The van der Waals surface area contributed by atoms with Crippen molar-refractivity contribution in [2.75, 3.05) is 0 Å². The van der Waals surface area contributed by atoms with Gasteiger partial charge in [0.15, 0.2) is 0 Å². The molecular formula is C16H14OS. The predicted octanol–water partition coefficient (Wildman–Crippen LogP) is 4.81. The van der Waals surface area contributed by atoms with Crippen molar-refractivity contribution >= 4 is 11.3 Å². The van der Waals surface area contributed by atoms with Gasteiger partial charge in [-0.3, -0.25) is 0 Å².